The monoisotopic (exact) mass is 519 g/mol. The van der Waals surface area contributed by atoms with E-state index in [-0.39, 0.29) is 20.8 Å². The predicted molar refractivity (Wildman–Crippen MR) is 117 cm³/mol. The van der Waals surface area contributed by atoms with Crippen LogP contribution in [-0.2, 0) is 14.8 Å². The minimum Gasteiger partial charge on any atom is -0.443 e. The van der Waals surface area contributed by atoms with Gasteiger partial charge in [0.1, 0.15) is 10.5 Å². The Morgan fingerprint density at radius 2 is 2.00 bits per heavy atom. The largest absolute Gasteiger partial charge is 0.443 e. The predicted octanol–water partition coefficient (Wildman–Crippen LogP) is 4.92. The molecule has 4 rings (SSSR count). The lowest BCUT2D eigenvalue weighted by Crippen LogP contribution is -2.47. The number of pyridine rings is 1. The molecule has 3 aromatic rings. The average molecular weight is 520 g/mol. The second kappa shape index (κ2) is 7.84. The van der Waals surface area contributed by atoms with Crippen LogP contribution in [0.5, 0.6) is 0 Å². The van der Waals surface area contributed by atoms with Gasteiger partial charge in [0.05, 0.1) is 22.3 Å². The van der Waals surface area contributed by atoms with E-state index >= 15 is 0 Å². The normalized spacial score (nSPS) is 15.8. The molecular formula is C19H20ClF2N5O4S2. The van der Waals surface area contributed by atoms with Crippen LogP contribution in [0.4, 0.5) is 13.6 Å². The Kier molecular flexibility index (Phi) is 5.65. The molecule has 9 nitrogen and oxygen atoms in total. The van der Waals surface area contributed by atoms with Gasteiger partial charge < -0.3 is 4.74 Å². The maximum Gasteiger partial charge on any atom is 0.424 e. The van der Waals surface area contributed by atoms with Gasteiger partial charge in [-0.2, -0.15) is 4.31 Å². The highest BCUT2D eigenvalue weighted by atomic mass is 35.5. The summed E-state index contributed by atoms with van der Waals surface area (Å²) in [5.74, 6) is 0.0924. The van der Waals surface area contributed by atoms with E-state index in [1.54, 1.807) is 27.7 Å². The maximum atomic E-state index is 13.6. The number of alkyl halides is 2. The number of ether oxygens (including phenoxy) is 1. The average Bonchev–Trinajstić information content (AvgIpc) is 3.07. The Morgan fingerprint density at radius 3 is 2.55 bits per heavy atom. The van der Waals surface area contributed by atoms with Crippen LogP contribution in [0.1, 0.15) is 52.0 Å². The third kappa shape index (κ3) is 4.41. The molecule has 178 valence electrons. The Hall–Kier alpha value is -2.38. The van der Waals surface area contributed by atoms with E-state index < -0.39 is 38.7 Å². The quantitative estimate of drug-likeness (QED) is 0.470. The number of halogens is 3. The third-order valence-electron chi connectivity index (χ3n) is 4.95. The molecule has 0 N–H and O–H groups in total. The van der Waals surface area contributed by atoms with E-state index in [0.717, 1.165) is 4.31 Å². The number of nitrogens with zero attached hydrogens (tertiary/aromatic N) is 5. The van der Waals surface area contributed by atoms with Crippen molar-refractivity contribution in [2.75, 3.05) is 0 Å². The first-order valence-electron chi connectivity index (χ1n) is 9.80. The van der Waals surface area contributed by atoms with Crippen molar-refractivity contribution in [3.63, 3.8) is 0 Å². The fraction of sp³-hybridized carbons (Fsp3) is 0.474. The zero-order chi connectivity index (χ0) is 24.3. The van der Waals surface area contributed by atoms with Crippen LogP contribution in [0.15, 0.2) is 23.4 Å². The van der Waals surface area contributed by atoms with Crippen molar-refractivity contribution in [1.82, 2.24) is 23.9 Å². The molecule has 0 saturated heterocycles. The number of rotatable bonds is 5. The first kappa shape index (κ1) is 23.8. The number of imidazole rings is 1. The lowest BCUT2D eigenvalue weighted by molar-refractivity contribution is 0.0331. The standard InChI is InChI=1S/C19H20ClF2N5O4S2/c1-18(2,3)31-17(28)27(19(4)5-6-19)33(29,30)10-7-11(20)12-8-23-14(26(12)9-10)16-25-24-15(32-16)13(21)22/h7-9,13H,5-6H2,1-4H3. The van der Waals surface area contributed by atoms with Gasteiger partial charge in [-0.25, -0.2) is 27.0 Å². The molecule has 14 heteroatoms. The molecular weight excluding hydrogens is 500 g/mol. The van der Waals surface area contributed by atoms with E-state index in [1.165, 1.54) is 22.9 Å². The summed E-state index contributed by atoms with van der Waals surface area (Å²) >= 11 is 6.96. The number of hydrogen-bond acceptors (Lipinski definition) is 8. The van der Waals surface area contributed by atoms with Gasteiger partial charge in [0.2, 0.25) is 0 Å². The summed E-state index contributed by atoms with van der Waals surface area (Å²) in [7, 11) is -4.39. The summed E-state index contributed by atoms with van der Waals surface area (Å²) in [5, 5.41) is 6.79. The Balaban J connectivity index is 1.83. The van der Waals surface area contributed by atoms with E-state index in [2.05, 4.69) is 15.2 Å². The second-order valence-corrected chi connectivity index (χ2v) is 12.1. The van der Waals surface area contributed by atoms with E-state index in [1.807, 2.05) is 0 Å². The van der Waals surface area contributed by atoms with Gasteiger partial charge in [0, 0.05) is 6.20 Å². The van der Waals surface area contributed by atoms with Crippen molar-refractivity contribution in [2.45, 2.75) is 63.0 Å². The van der Waals surface area contributed by atoms with Gasteiger partial charge in [-0.05, 0) is 46.6 Å². The number of aromatic nitrogens is 4. The zero-order valence-corrected chi connectivity index (χ0v) is 20.4. The van der Waals surface area contributed by atoms with Crippen LogP contribution in [0, 0.1) is 0 Å². The molecule has 1 fully saturated rings. The number of amides is 1. The molecule has 1 saturated carbocycles. The van der Waals surface area contributed by atoms with Crippen LogP contribution in [0.2, 0.25) is 5.02 Å². The van der Waals surface area contributed by atoms with E-state index in [9.17, 15) is 22.0 Å². The molecule has 0 radical (unpaired) electrons. The SMILES string of the molecule is CC(C)(C)OC(=O)N(C1(C)CC1)S(=O)(=O)c1cc(Cl)c2cnc(-c3nnc(C(F)F)s3)n2c1. The molecule has 0 aromatic carbocycles. The van der Waals surface area contributed by atoms with Gasteiger partial charge in [-0.15, -0.1) is 10.2 Å². The zero-order valence-electron chi connectivity index (χ0n) is 18.0. The van der Waals surface area contributed by atoms with Gasteiger partial charge in [0.15, 0.2) is 15.8 Å². The fourth-order valence-corrected chi connectivity index (χ4v) is 5.87. The van der Waals surface area contributed by atoms with Crippen molar-refractivity contribution in [3.05, 3.63) is 28.5 Å². The van der Waals surface area contributed by atoms with E-state index in [4.69, 9.17) is 16.3 Å². The van der Waals surface area contributed by atoms with E-state index in [0.29, 0.717) is 29.7 Å². The van der Waals surface area contributed by atoms with Crippen LogP contribution in [0.25, 0.3) is 16.3 Å². The second-order valence-electron chi connectivity index (χ2n) is 8.85. The molecule has 0 spiro atoms. The molecule has 1 amide bonds. The Morgan fingerprint density at radius 1 is 1.33 bits per heavy atom. The Bertz CT molecular complexity index is 1350. The van der Waals surface area contributed by atoms with Crippen molar-refractivity contribution in [1.29, 1.82) is 0 Å². The highest BCUT2D eigenvalue weighted by Crippen LogP contribution is 2.45. The van der Waals surface area contributed by atoms with Gasteiger partial charge in [-0.3, -0.25) is 4.40 Å². The molecule has 3 heterocycles. The van der Waals surface area contributed by atoms with Crippen LogP contribution >= 0.6 is 22.9 Å². The summed E-state index contributed by atoms with van der Waals surface area (Å²) in [6, 6.07) is 1.21. The third-order valence-corrected chi connectivity index (χ3v) is 8.07. The summed E-state index contributed by atoms with van der Waals surface area (Å²) in [6.07, 6.45) is -0.228. The van der Waals surface area contributed by atoms with Crippen LogP contribution < -0.4 is 0 Å². The summed E-state index contributed by atoms with van der Waals surface area (Å²) in [6.45, 7) is 6.58. The molecule has 1 aliphatic carbocycles. The minimum atomic E-state index is -4.39. The van der Waals surface area contributed by atoms with Crippen molar-refractivity contribution < 1.29 is 26.7 Å². The Labute approximate surface area is 197 Å². The number of carbonyl (C=O) groups excluding carboxylic acids is 1. The molecule has 33 heavy (non-hydrogen) atoms. The summed E-state index contributed by atoms with van der Waals surface area (Å²) < 4.78 is 60.6. The minimum absolute atomic E-state index is 0.0403. The summed E-state index contributed by atoms with van der Waals surface area (Å²) in [5.41, 5.74) is -1.50. The van der Waals surface area contributed by atoms with Crippen molar-refractivity contribution >= 4 is 44.6 Å². The smallest absolute Gasteiger partial charge is 0.424 e. The van der Waals surface area contributed by atoms with Crippen molar-refractivity contribution in [3.8, 4) is 10.8 Å². The first-order chi connectivity index (χ1) is 15.2. The van der Waals surface area contributed by atoms with Gasteiger partial charge in [-0.1, -0.05) is 22.9 Å². The number of sulfonamides is 1. The molecule has 0 aliphatic heterocycles. The van der Waals surface area contributed by atoms with Gasteiger partial charge >= 0.3 is 6.09 Å². The maximum absolute atomic E-state index is 13.6. The lowest BCUT2D eigenvalue weighted by Gasteiger charge is -2.31. The molecule has 1 aliphatic rings. The number of hydrogen-bond donors (Lipinski definition) is 0. The van der Waals surface area contributed by atoms with Gasteiger partial charge in [0.25, 0.3) is 16.4 Å². The van der Waals surface area contributed by atoms with Crippen molar-refractivity contribution in [2.24, 2.45) is 0 Å². The lowest BCUT2D eigenvalue weighted by atomic mass is 10.2. The number of fused-ring (bicyclic) bond motifs is 1. The molecule has 0 unspecified atom stereocenters. The molecule has 0 bridgehead atoms. The highest BCUT2D eigenvalue weighted by Gasteiger charge is 2.53. The molecule has 0 atom stereocenters. The summed E-state index contributed by atoms with van der Waals surface area (Å²) in [4.78, 5) is 16.8. The highest BCUT2D eigenvalue weighted by molar-refractivity contribution is 7.89. The first-order valence-corrected chi connectivity index (χ1v) is 12.4. The van der Waals surface area contributed by atoms with Crippen LogP contribution in [0.3, 0.4) is 0 Å². The topological polar surface area (TPSA) is 107 Å². The number of carbonyl (C=O) groups is 1. The molecule has 3 aromatic heterocycles. The van der Waals surface area contributed by atoms with Crippen LogP contribution in [-0.4, -0.2) is 49.5 Å². The fourth-order valence-electron chi connectivity index (χ4n) is 3.15.